The smallest absolute Gasteiger partial charge is 0.269 e. The number of nitrogens with zero attached hydrogens (tertiary/aromatic N) is 1. The topological polar surface area (TPSA) is 15.0 Å². The standard InChI is InChI=1S/C13H25N2P2/c1-5-15-12(17(3)4)9-14-13(15)10-7-6-8-11(10)16-2/h10-12,16H,3,5-9H2,1-2,4H3/q+1/p+1. The molecule has 0 aromatic carbocycles. The molecular weight excluding hydrogens is 246 g/mol. The number of likely N-dealkylation sites (N-methyl/N-ethyl adjacent to an activating group) is 1. The van der Waals surface area contributed by atoms with Crippen LogP contribution >= 0.6 is 16.1 Å². The van der Waals surface area contributed by atoms with Crippen LogP contribution in [0.2, 0.25) is 0 Å². The molecule has 1 heterocycles. The minimum Gasteiger partial charge on any atom is -0.269 e. The van der Waals surface area contributed by atoms with Crippen molar-refractivity contribution in [2.75, 3.05) is 26.4 Å². The van der Waals surface area contributed by atoms with Gasteiger partial charge >= 0.3 is 0 Å². The fraction of sp³-hybridized carbons (Fsp3) is 0.846. The van der Waals surface area contributed by atoms with E-state index in [4.69, 9.17) is 0 Å². The van der Waals surface area contributed by atoms with Crippen LogP contribution in [0.5, 0.6) is 0 Å². The van der Waals surface area contributed by atoms with Gasteiger partial charge in [0.05, 0.1) is 25.4 Å². The first-order valence-electron chi connectivity index (χ1n) is 6.77. The summed E-state index contributed by atoms with van der Waals surface area (Å²) in [7, 11) is 0.987. The van der Waals surface area contributed by atoms with Crippen molar-refractivity contribution in [1.82, 2.24) is 5.32 Å². The van der Waals surface area contributed by atoms with E-state index in [2.05, 4.69) is 36.4 Å². The number of hydrogen-bond acceptors (Lipinski definition) is 1. The minimum atomic E-state index is -0.111. The van der Waals surface area contributed by atoms with Gasteiger partial charge in [-0.25, -0.2) is 4.58 Å². The zero-order valence-corrected chi connectivity index (χ0v) is 13.3. The van der Waals surface area contributed by atoms with Crippen molar-refractivity contribution in [3.63, 3.8) is 0 Å². The van der Waals surface area contributed by atoms with Crippen LogP contribution in [0.1, 0.15) is 26.2 Å². The van der Waals surface area contributed by atoms with E-state index in [9.17, 15) is 0 Å². The molecule has 96 valence electrons. The van der Waals surface area contributed by atoms with E-state index >= 15 is 0 Å². The predicted octanol–water partition coefficient (Wildman–Crippen LogP) is 2.37. The second kappa shape index (κ2) is 5.81. The van der Waals surface area contributed by atoms with Crippen molar-refractivity contribution < 1.29 is 4.58 Å². The van der Waals surface area contributed by atoms with E-state index in [1.165, 1.54) is 19.3 Å². The van der Waals surface area contributed by atoms with Gasteiger partial charge in [0.25, 0.3) is 11.6 Å². The molecule has 2 rings (SSSR count). The fourth-order valence-corrected chi connectivity index (χ4v) is 5.71. The Labute approximate surface area is 108 Å². The minimum absolute atomic E-state index is 0.111. The Bertz CT molecular complexity index is 338. The van der Waals surface area contributed by atoms with Crippen LogP contribution in [0.4, 0.5) is 0 Å². The van der Waals surface area contributed by atoms with Gasteiger partial charge in [-0.15, -0.1) is 8.58 Å². The highest BCUT2D eigenvalue weighted by Crippen LogP contribution is 2.39. The van der Waals surface area contributed by atoms with Gasteiger partial charge in [0.1, 0.15) is 7.55 Å². The molecule has 1 fully saturated rings. The Morgan fingerprint density at radius 3 is 2.88 bits per heavy atom. The van der Waals surface area contributed by atoms with Gasteiger partial charge in [0, 0.05) is 0 Å². The van der Waals surface area contributed by atoms with E-state index in [-0.39, 0.29) is 7.55 Å². The zero-order chi connectivity index (χ0) is 12.4. The van der Waals surface area contributed by atoms with E-state index in [1.807, 2.05) is 0 Å². The Hall–Kier alpha value is 0.0700. The molecule has 1 N–H and O–H groups in total. The molecule has 1 saturated carbocycles. The van der Waals surface area contributed by atoms with Crippen LogP contribution in [0.25, 0.3) is 0 Å². The van der Waals surface area contributed by atoms with Crippen LogP contribution in [0.15, 0.2) is 0 Å². The molecule has 0 spiro atoms. The number of rotatable bonds is 4. The third-order valence-corrected chi connectivity index (χ3v) is 7.13. The quantitative estimate of drug-likeness (QED) is 0.613. The summed E-state index contributed by atoms with van der Waals surface area (Å²) in [6.07, 6.45) is 8.56. The summed E-state index contributed by atoms with van der Waals surface area (Å²) in [5.74, 6) is 3.05. The van der Waals surface area contributed by atoms with Crippen LogP contribution in [0, 0.1) is 5.92 Å². The van der Waals surface area contributed by atoms with Gasteiger partial charge < -0.3 is 0 Å². The van der Waals surface area contributed by atoms with Crippen molar-refractivity contribution in [2.24, 2.45) is 5.92 Å². The van der Waals surface area contributed by atoms with Crippen molar-refractivity contribution in [1.29, 1.82) is 0 Å². The first-order valence-corrected chi connectivity index (χ1v) is 10.4. The lowest BCUT2D eigenvalue weighted by Crippen LogP contribution is -2.34. The van der Waals surface area contributed by atoms with Gasteiger partial charge in [-0.05, 0) is 32.1 Å². The van der Waals surface area contributed by atoms with Crippen molar-refractivity contribution >= 4 is 28.3 Å². The maximum atomic E-state index is 4.29. The average molecular weight is 272 g/mol. The molecule has 0 aromatic rings. The van der Waals surface area contributed by atoms with Gasteiger partial charge in [-0.2, -0.15) is 0 Å². The second-order valence-corrected chi connectivity index (χ2v) is 8.65. The van der Waals surface area contributed by atoms with Gasteiger partial charge in [0.2, 0.25) is 0 Å². The number of amidine groups is 1. The maximum Gasteiger partial charge on any atom is 0.284 e. The normalized spacial score (nSPS) is 34.8. The summed E-state index contributed by atoms with van der Waals surface area (Å²) in [6, 6.07) is 0. The highest BCUT2D eigenvalue weighted by Gasteiger charge is 2.44. The Morgan fingerprint density at radius 2 is 2.29 bits per heavy atom. The van der Waals surface area contributed by atoms with Crippen LogP contribution in [0.3, 0.4) is 0 Å². The lowest BCUT2D eigenvalue weighted by atomic mass is 10.1. The maximum absolute atomic E-state index is 4.29. The largest absolute Gasteiger partial charge is 0.284 e. The number of hydrogen-bond donors (Lipinski definition) is 1. The van der Waals surface area contributed by atoms with Crippen molar-refractivity contribution in [2.45, 2.75) is 37.6 Å². The van der Waals surface area contributed by atoms with E-state index in [0.29, 0.717) is 5.78 Å². The summed E-state index contributed by atoms with van der Waals surface area (Å²) in [5, 5.41) is 3.72. The van der Waals surface area contributed by atoms with E-state index in [1.54, 1.807) is 5.84 Å². The van der Waals surface area contributed by atoms with Gasteiger partial charge in [0.15, 0.2) is 6.54 Å². The Balaban J connectivity index is 2.23. The molecule has 0 aromatic heterocycles. The Morgan fingerprint density at radius 1 is 1.53 bits per heavy atom. The number of nitrogens with one attached hydrogen (secondary N) is 1. The fourth-order valence-electron chi connectivity index (χ4n) is 3.32. The third kappa shape index (κ3) is 2.59. The predicted molar refractivity (Wildman–Crippen MR) is 82.9 cm³/mol. The van der Waals surface area contributed by atoms with Gasteiger partial charge in [-0.1, -0.05) is 6.42 Å². The molecule has 5 atom stereocenters. The van der Waals surface area contributed by atoms with E-state index in [0.717, 1.165) is 33.2 Å². The lowest BCUT2D eigenvalue weighted by Gasteiger charge is -2.16. The summed E-state index contributed by atoms with van der Waals surface area (Å²) < 4.78 is 2.63. The van der Waals surface area contributed by atoms with Crippen LogP contribution < -0.4 is 5.32 Å². The molecular formula is C13H26N2P2+2. The molecule has 1 aliphatic heterocycles. The zero-order valence-electron chi connectivity index (χ0n) is 11.4. The molecule has 17 heavy (non-hydrogen) atoms. The molecule has 1 aliphatic carbocycles. The average Bonchev–Trinajstić information content (AvgIpc) is 2.93. The third-order valence-electron chi connectivity index (χ3n) is 4.22. The summed E-state index contributed by atoms with van der Waals surface area (Å²) in [5.41, 5.74) is 0.943. The summed E-state index contributed by atoms with van der Waals surface area (Å²) in [4.78, 5) is 0. The first kappa shape index (κ1) is 13.5. The molecule has 0 saturated heterocycles. The van der Waals surface area contributed by atoms with Crippen molar-refractivity contribution in [3.8, 4) is 0 Å². The van der Waals surface area contributed by atoms with Crippen LogP contribution in [-0.4, -0.2) is 54.6 Å². The molecule has 0 radical (unpaired) electrons. The van der Waals surface area contributed by atoms with Crippen molar-refractivity contribution in [3.05, 3.63) is 0 Å². The van der Waals surface area contributed by atoms with Crippen LogP contribution in [-0.2, 0) is 0 Å². The molecule has 0 amide bonds. The highest BCUT2D eigenvalue weighted by molar-refractivity contribution is 7.55. The lowest BCUT2D eigenvalue weighted by molar-refractivity contribution is -0.531. The summed E-state index contributed by atoms with van der Waals surface area (Å²) in [6.45, 7) is 9.24. The Kier molecular flexibility index (Phi) is 4.61. The molecule has 4 heteroatoms. The van der Waals surface area contributed by atoms with E-state index < -0.39 is 0 Å². The second-order valence-electron chi connectivity index (χ2n) is 5.22. The molecule has 2 aliphatic rings. The molecule has 2 nitrogen and oxygen atoms in total. The molecule has 0 bridgehead atoms. The monoisotopic (exact) mass is 272 g/mol. The molecule has 5 unspecified atom stereocenters. The van der Waals surface area contributed by atoms with Gasteiger partial charge in [-0.3, -0.25) is 5.32 Å². The highest BCUT2D eigenvalue weighted by atomic mass is 31.1. The SMILES string of the molecule is C=[P+](C)C1CNC(C2CCCC2PC)=[N+]1CC. The summed E-state index contributed by atoms with van der Waals surface area (Å²) >= 11 is 0. The first-order chi connectivity index (χ1) is 8.19.